The molecule has 2 aromatic rings. The molecular formula is C15H17BrClN3. The van der Waals surface area contributed by atoms with E-state index in [2.05, 4.69) is 38.1 Å². The van der Waals surface area contributed by atoms with Gasteiger partial charge in [0.05, 0.1) is 10.2 Å². The van der Waals surface area contributed by atoms with Crippen LogP contribution < -0.4 is 5.32 Å². The summed E-state index contributed by atoms with van der Waals surface area (Å²) in [4.78, 5) is 9.20. The van der Waals surface area contributed by atoms with Crippen molar-refractivity contribution >= 4 is 33.3 Å². The normalized spacial score (nSPS) is 10.7. The number of halogens is 2. The first-order valence-electron chi connectivity index (χ1n) is 6.57. The highest BCUT2D eigenvalue weighted by Gasteiger charge is 2.12. The van der Waals surface area contributed by atoms with Crippen LogP contribution in [0.2, 0.25) is 5.02 Å². The summed E-state index contributed by atoms with van der Waals surface area (Å²) in [7, 11) is 1.86. The summed E-state index contributed by atoms with van der Waals surface area (Å²) in [5.74, 6) is 1.50. The molecule has 2 rings (SSSR count). The molecular weight excluding hydrogens is 338 g/mol. The first-order valence-corrected chi connectivity index (χ1v) is 7.74. The van der Waals surface area contributed by atoms with Crippen LogP contribution in [-0.2, 0) is 6.42 Å². The van der Waals surface area contributed by atoms with Gasteiger partial charge < -0.3 is 5.32 Å². The van der Waals surface area contributed by atoms with Gasteiger partial charge in [-0.1, -0.05) is 37.1 Å². The van der Waals surface area contributed by atoms with Gasteiger partial charge in [-0.15, -0.1) is 0 Å². The van der Waals surface area contributed by atoms with E-state index in [-0.39, 0.29) is 0 Å². The molecule has 20 heavy (non-hydrogen) atoms. The lowest BCUT2D eigenvalue weighted by Crippen LogP contribution is -2.03. The highest BCUT2D eigenvalue weighted by molar-refractivity contribution is 9.10. The third-order valence-electron chi connectivity index (χ3n) is 3.07. The Kier molecular flexibility index (Phi) is 5.00. The van der Waals surface area contributed by atoms with E-state index in [0.29, 0.717) is 5.82 Å². The van der Waals surface area contributed by atoms with Gasteiger partial charge in [0.2, 0.25) is 0 Å². The predicted molar refractivity (Wildman–Crippen MR) is 88.5 cm³/mol. The summed E-state index contributed by atoms with van der Waals surface area (Å²) >= 11 is 9.75. The lowest BCUT2D eigenvalue weighted by Gasteiger charge is -2.11. The van der Waals surface area contributed by atoms with Gasteiger partial charge in [0.1, 0.15) is 5.82 Å². The van der Waals surface area contributed by atoms with Gasteiger partial charge in [-0.25, -0.2) is 9.97 Å². The highest BCUT2D eigenvalue weighted by atomic mass is 79.9. The number of aromatic nitrogens is 2. The molecule has 0 aliphatic rings. The van der Waals surface area contributed by atoms with Crippen LogP contribution in [0.5, 0.6) is 0 Å². The Bertz CT molecular complexity index is 629. The maximum absolute atomic E-state index is 6.19. The molecule has 0 aliphatic carbocycles. The summed E-state index contributed by atoms with van der Waals surface area (Å²) in [6.07, 6.45) is 1.94. The van der Waals surface area contributed by atoms with Gasteiger partial charge in [-0.3, -0.25) is 0 Å². The molecule has 106 valence electrons. The van der Waals surface area contributed by atoms with Crippen LogP contribution in [-0.4, -0.2) is 17.0 Å². The standard InChI is InChI=1S/C15H17BrClN3/c1-4-5-12-13(16)15(18-3)20-14(19-12)10-7-6-9(2)11(17)8-10/h6-8H,4-5H2,1-3H3,(H,18,19,20). The minimum absolute atomic E-state index is 0.697. The van der Waals surface area contributed by atoms with Crippen LogP contribution in [0.15, 0.2) is 22.7 Å². The smallest absolute Gasteiger partial charge is 0.161 e. The Morgan fingerprint density at radius 1 is 1.30 bits per heavy atom. The van der Waals surface area contributed by atoms with Crippen LogP contribution in [0.4, 0.5) is 5.82 Å². The molecule has 0 saturated heterocycles. The minimum atomic E-state index is 0.697. The second kappa shape index (κ2) is 6.55. The second-order valence-electron chi connectivity index (χ2n) is 4.62. The highest BCUT2D eigenvalue weighted by Crippen LogP contribution is 2.29. The van der Waals surface area contributed by atoms with Crippen molar-refractivity contribution in [2.75, 3.05) is 12.4 Å². The average Bonchev–Trinajstić information content (AvgIpc) is 2.44. The van der Waals surface area contributed by atoms with E-state index in [4.69, 9.17) is 11.6 Å². The Hall–Kier alpha value is -1.13. The van der Waals surface area contributed by atoms with Crippen LogP contribution >= 0.6 is 27.5 Å². The van der Waals surface area contributed by atoms with Crippen LogP contribution in [0, 0.1) is 6.92 Å². The summed E-state index contributed by atoms with van der Waals surface area (Å²) < 4.78 is 0.934. The fourth-order valence-corrected chi connectivity index (χ4v) is 2.68. The van der Waals surface area contributed by atoms with Gasteiger partial charge >= 0.3 is 0 Å². The number of hydrogen-bond acceptors (Lipinski definition) is 3. The van der Waals surface area contributed by atoms with Crippen molar-refractivity contribution in [2.24, 2.45) is 0 Å². The number of hydrogen-bond donors (Lipinski definition) is 1. The van der Waals surface area contributed by atoms with Crippen molar-refractivity contribution in [3.63, 3.8) is 0 Å². The van der Waals surface area contributed by atoms with E-state index in [1.54, 1.807) is 0 Å². The van der Waals surface area contributed by atoms with Crippen molar-refractivity contribution in [3.8, 4) is 11.4 Å². The van der Waals surface area contributed by atoms with Crippen LogP contribution in [0.3, 0.4) is 0 Å². The van der Waals surface area contributed by atoms with Gasteiger partial charge in [-0.05, 0) is 40.9 Å². The molecule has 0 saturated carbocycles. The van der Waals surface area contributed by atoms with E-state index in [9.17, 15) is 0 Å². The van der Waals surface area contributed by atoms with E-state index in [1.807, 2.05) is 32.2 Å². The average molecular weight is 355 g/mol. The zero-order valence-electron chi connectivity index (χ0n) is 11.8. The molecule has 0 atom stereocenters. The number of nitrogens with one attached hydrogen (secondary N) is 1. The van der Waals surface area contributed by atoms with Crippen molar-refractivity contribution in [2.45, 2.75) is 26.7 Å². The third-order valence-corrected chi connectivity index (χ3v) is 4.31. The first-order chi connectivity index (χ1) is 9.56. The molecule has 3 nitrogen and oxygen atoms in total. The van der Waals surface area contributed by atoms with Crippen LogP contribution in [0.25, 0.3) is 11.4 Å². The number of aryl methyl sites for hydroxylation is 2. The van der Waals surface area contributed by atoms with E-state index in [1.165, 1.54) is 0 Å². The van der Waals surface area contributed by atoms with Gasteiger partial charge in [-0.2, -0.15) is 0 Å². The van der Waals surface area contributed by atoms with E-state index in [0.717, 1.165) is 45.0 Å². The third kappa shape index (κ3) is 3.13. The lowest BCUT2D eigenvalue weighted by atomic mass is 10.1. The zero-order valence-corrected chi connectivity index (χ0v) is 14.1. The molecule has 1 N–H and O–H groups in total. The van der Waals surface area contributed by atoms with Crippen molar-refractivity contribution in [3.05, 3.63) is 39.0 Å². The monoisotopic (exact) mass is 353 g/mol. The Labute approximate surface area is 132 Å². The molecule has 5 heteroatoms. The second-order valence-corrected chi connectivity index (χ2v) is 5.82. The number of nitrogens with zero attached hydrogens (tertiary/aromatic N) is 2. The molecule has 0 spiro atoms. The largest absolute Gasteiger partial charge is 0.372 e. The molecule has 0 fully saturated rings. The molecule has 0 radical (unpaired) electrons. The molecule has 1 heterocycles. The minimum Gasteiger partial charge on any atom is -0.372 e. The Morgan fingerprint density at radius 3 is 2.65 bits per heavy atom. The van der Waals surface area contributed by atoms with Crippen molar-refractivity contribution in [1.82, 2.24) is 9.97 Å². The first kappa shape index (κ1) is 15.3. The van der Waals surface area contributed by atoms with Crippen molar-refractivity contribution < 1.29 is 0 Å². The SMILES string of the molecule is CCCc1nc(-c2ccc(C)c(Cl)c2)nc(NC)c1Br. The summed E-state index contributed by atoms with van der Waals surface area (Å²) in [5, 5.41) is 3.83. The number of rotatable bonds is 4. The van der Waals surface area contributed by atoms with Gasteiger partial charge in [0.15, 0.2) is 5.82 Å². The maximum atomic E-state index is 6.19. The van der Waals surface area contributed by atoms with E-state index < -0.39 is 0 Å². The summed E-state index contributed by atoms with van der Waals surface area (Å²) in [6, 6.07) is 5.90. The molecule has 0 unspecified atom stereocenters. The van der Waals surface area contributed by atoms with Crippen LogP contribution in [0.1, 0.15) is 24.6 Å². The topological polar surface area (TPSA) is 37.8 Å². The maximum Gasteiger partial charge on any atom is 0.161 e. The Balaban J connectivity index is 2.55. The van der Waals surface area contributed by atoms with Gasteiger partial charge in [0, 0.05) is 17.6 Å². The molecule has 1 aromatic heterocycles. The number of anilines is 1. The van der Waals surface area contributed by atoms with E-state index >= 15 is 0 Å². The lowest BCUT2D eigenvalue weighted by molar-refractivity contribution is 0.869. The quantitative estimate of drug-likeness (QED) is 0.852. The Morgan fingerprint density at radius 2 is 2.05 bits per heavy atom. The fraction of sp³-hybridized carbons (Fsp3) is 0.333. The van der Waals surface area contributed by atoms with Crippen molar-refractivity contribution in [1.29, 1.82) is 0 Å². The molecule has 0 aliphatic heterocycles. The van der Waals surface area contributed by atoms with Gasteiger partial charge in [0.25, 0.3) is 0 Å². The predicted octanol–water partition coefficient (Wildman–Crippen LogP) is 4.86. The molecule has 0 bridgehead atoms. The number of benzene rings is 1. The summed E-state index contributed by atoms with van der Waals surface area (Å²) in [5.41, 5.74) is 3.00. The molecule has 0 amide bonds. The fourth-order valence-electron chi connectivity index (χ4n) is 1.92. The zero-order chi connectivity index (χ0) is 14.7. The molecule has 1 aromatic carbocycles. The summed E-state index contributed by atoms with van der Waals surface area (Å²) in [6.45, 7) is 4.12.